The minimum Gasteiger partial charge on any atom is -0.496 e. The molecule has 0 aromatic heterocycles. The lowest BCUT2D eigenvalue weighted by molar-refractivity contribution is -0.120. The quantitative estimate of drug-likeness (QED) is 0.677. The van der Waals surface area contributed by atoms with Gasteiger partial charge in [0.1, 0.15) is 11.8 Å². The second-order valence-corrected chi connectivity index (χ2v) is 3.52. The van der Waals surface area contributed by atoms with E-state index >= 15 is 0 Å². The van der Waals surface area contributed by atoms with Gasteiger partial charge in [-0.25, -0.2) is 0 Å². The summed E-state index contributed by atoms with van der Waals surface area (Å²) in [4.78, 5) is 11.4. The van der Waals surface area contributed by atoms with Gasteiger partial charge in [0.2, 0.25) is 5.91 Å². The summed E-state index contributed by atoms with van der Waals surface area (Å²) in [7, 11) is 3.16. The van der Waals surface area contributed by atoms with Crippen molar-refractivity contribution in [2.45, 2.75) is 6.04 Å². The largest absolute Gasteiger partial charge is 0.496 e. The number of rotatable bonds is 7. The van der Waals surface area contributed by atoms with Crippen molar-refractivity contribution < 1.29 is 14.3 Å². The van der Waals surface area contributed by atoms with Crippen LogP contribution in [0.4, 0.5) is 0 Å². The van der Waals surface area contributed by atoms with E-state index < -0.39 is 11.9 Å². The molecule has 0 radical (unpaired) electrons. The third-order valence-corrected chi connectivity index (χ3v) is 2.39. The second-order valence-electron chi connectivity index (χ2n) is 3.52. The Balaban J connectivity index is 2.85. The number of methoxy groups -OCH3 is 2. The molecular formula is C12H18N2O3. The summed E-state index contributed by atoms with van der Waals surface area (Å²) in [6.45, 7) is 1.06. The minimum atomic E-state index is -0.568. The molecule has 0 saturated carbocycles. The summed E-state index contributed by atoms with van der Waals surface area (Å²) in [6, 6.07) is 6.72. The summed E-state index contributed by atoms with van der Waals surface area (Å²) in [6.07, 6.45) is 0. The summed E-state index contributed by atoms with van der Waals surface area (Å²) in [5.74, 6) is 0.201. The lowest BCUT2D eigenvalue weighted by Gasteiger charge is -2.18. The van der Waals surface area contributed by atoms with E-state index in [0.717, 1.165) is 5.56 Å². The van der Waals surface area contributed by atoms with Crippen LogP contribution >= 0.6 is 0 Å². The average Bonchev–Trinajstić information content (AvgIpc) is 2.34. The number of nitrogens with two attached hydrogens (primary N) is 1. The molecule has 1 rings (SSSR count). The van der Waals surface area contributed by atoms with Crippen molar-refractivity contribution in [3.05, 3.63) is 29.8 Å². The van der Waals surface area contributed by atoms with Crippen molar-refractivity contribution >= 4 is 5.91 Å². The van der Waals surface area contributed by atoms with E-state index in [0.29, 0.717) is 18.9 Å². The van der Waals surface area contributed by atoms with Gasteiger partial charge in [-0.2, -0.15) is 0 Å². The maximum atomic E-state index is 11.4. The van der Waals surface area contributed by atoms with Gasteiger partial charge in [-0.3, -0.25) is 10.1 Å². The van der Waals surface area contributed by atoms with Crippen LogP contribution in [0.2, 0.25) is 0 Å². The molecule has 17 heavy (non-hydrogen) atoms. The van der Waals surface area contributed by atoms with Gasteiger partial charge in [0.25, 0.3) is 0 Å². The van der Waals surface area contributed by atoms with E-state index in [2.05, 4.69) is 5.32 Å². The summed E-state index contributed by atoms with van der Waals surface area (Å²) < 4.78 is 10.1. The number of primary amides is 1. The first-order chi connectivity index (χ1) is 8.20. The van der Waals surface area contributed by atoms with Crippen LogP contribution in [-0.2, 0) is 9.53 Å². The Morgan fingerprint density at radius 1 is 1.41 bits per heavy atom. The van der Waals surface area contributed by atoms with Gasteiger partial charge >= 0.3 is 0 Å². The molecule has 0 saturated heterocycles. The van der Waals surface area contributed by atoms with E-state index in [-0.39, 0.29) is 0 Å². The van der Waals surface area contributed by atoms with Gasteiger partial charge in [0, 0.05) is 19.2 Å². The SMILES string of the molecule is COCCNC(C(N)=O)c1ccccc1OC. The Morgan fingerprint density at radius 2 is 2.12 bits per heavy atom. The first kappa shape index (κ1) is 13.5. The third-order valence-electron chi connectivity index (χ3n) is 2.39. The van der Waals surface area contributed by atoms with Crippen LogP contribution in [0.1, 0.15) is 11.6 Å². The van der Waals surface area contributed by atoms with Crippen LogP contribution < -0.4 is 15.8 Å². The first-order valence-electron chi connectivity index (χ1n) is 5.35. The van der Waals surface area contributed by atoms with Crippen molar-refractivity contribution in [3.8, 4) is 5.75 Å². The lowest BCUT2D eigenvalue weighted by atomic mass is 10.1. The molecule has 1 aromatic carbocycles. The molecule has 0 heterocycles. The smallest absolute Gasteiger partial charge is 0.239 e. The highest BCUT2D eigenvalue weighted by Crippen LogP contribution is 2.24. The standard InChI is InChI=1S/C12H18N2O3/c1-16-8-7-14-11(12(13)15)9-5-3-4-6-10(9)17-2/h3-6,11,14H,7-8H2,1-2H3,(H2,13,15). The van der Waals surface area contributed by atoms with Gasteiger partial charge < -0.3 is 15.2 Å². The van der Waals surface area contributed by atoms with E-state index in [1.807, 2.05) is 18.2 Å². The molecule has 5 nitrogen and oxygen atoms in total. The van der Waals surface area contributed by atoms with Gasteiger partial charge in [0.05, 0.1) is 13.7 Å². The van der Waals surface area contributed by atoms with Crippen molar-refractivity contribution in [2.24, 2.45) is 5.73 Å². The lowest BCUT2D eigenvalue weighted by Crippen LogP contribution is -2.35. The van der Waals surface area contributed by atoms with Gasteiger partial charge in [0.15, 0.2) is 0 Å². The Hall–Kier alpha value is -1.59. The molecule has 0 aliphatic rings. The van der Waals surface area contributed by atoms with Gasteiger partial charge in [-0.1, -0.05) is 18.2 Å². The first-order valence-corrected chi connectivity index (χ1v) is 5.35. The maximum absolute atomic E-state index is 11.4. The zero-order valence-electron chi connectivity index (χ0n) is 10.1. The summed E-state index contributed by atoms with van der Waals surface area (Å²) >= 11 is 0. The fourth-order valence-corrected chi connectivity index (χ4v) is 1.57. The number of para-hydroxylation sites is 1. The number of ether oxygens (including phenoxy) is 2. The molecule has 0 aliphatic carbocycles. The second kappa shape index (κ2) is 6.88. The zero-order valence-corrected chi connectivity index (χ0v) is 10.1. The molecule has 5 heteroatoms. The van der Waals surface area contributed by atoms with Crippen molar-refractivity contribution in [2.75, 3.05) is 27.4 Å². The van der Waals surface area contributed by atoms with Gasteiger partial charge in [-0.15, -0.1) is 0 Å². The number of hydrogen-bond donors (Lipinski definition) is 2. The van der Waals surface area contributed by atoms with Crippen molar-refractivity contribution in [3.63, 3.8) is 0 Å². The molecule has 0 fully saturated rings. The number of carbonyl (C=O) groups is 1. The van der Waals surface area contributed by atoms with Crippen molar-refractivity contribution in [1.82, 2.24) is 5.32 Å². The Morgan fingerprint density at radius 3 is 2.71 bits per heavy atom. The Labute approximate surface area is 101 Å². The normalized spacial score (nSPS) is 12.1. The Kier molecular flexibility index (Phi) is 5.45. The third kappa shape index (κ3) is 3.72. The summed E-state index contributed by atoms with van der Waals surface area (Å²) in [5, 5.41) is 3.03. The summed E-state index contributed by atoms with van der Waals surface area (Å²) in [5.41, 5.74) is 6.11. The highest BCUT2D eigenvalue weighted by molar-refractivity contribution is 5.82. The monoisotopic (exact) mass is 238 g/mol. The fraction of sp³-hybridized carbons (Fsp3) is 0.417. The molecule has 3 N–H and O–H groups in total. The average molecular weight is 238 g/mol. The molecule has 0 spiro atoms. The molecule has 94 valence electrons. The van der Waals surface area contributed by atoms with Crippen LogP contribution in [0.5, 0.6) is 5.75 Å². The predicted molar refractivity (Wildman–Crippen MR) is 64.8 cm³/mol. The molecule has 0 aliphatic heterocycles. The predicted octanol–water partition coefficient (Wildman–Crippen LogP) is 0.458. The molecule has 1 aromatic rings. The van der Waals surface area contributed by atoms with E-state index in [4.69, 9.17) is 15.2 Å². The minimum absolute atomic E-state index is 0.439. The topological polar surface area (TPSA) is 73.6 Å². The van der Waals surface area contributed by atoms with Gasteiger partial charge in [-0.05, 0) is 6.07 Å². The maximum Gasteiger partial charge on any atom is 0.239 e. The number of carbonyl (C=O) groups excluding carboxylic acids is 1. The van der Waals surface area contributed by atoms with Crippen molar-refractivity contribution in [1.29, 1.82) is 0 Å². The zero-order chi connectivity index (χ0) is 12.7. The van der Waals surface area contributed by atoms with Crippen LogP contribution in [0.3, 0.4) is 0 Å². The number of benzene rings is 1. The van der Waals surface area contributed by atoms with Crippen LogP contribution in [0.25, 0.3) is 0 Å². The van der Waals surface area contributed by atoms with Crippen LogP contribution in [0.15, 0.2) is 24.3 Å². The molecular weight excluding hydrogens is 220 g/mol. The number of amides is 1. The molecule has 1 unspecified atom stereocenters. The molecule has 0 bridgehead atoms. The van der Waals surface area contributed by atoms with Crippen LogP contribution in [-0.4, -0.2) is 33.3 Å². The Bertz CT molecular complexity index is 369. The van der Waals surface area contributed by atoms with E-state index in [9.17, 15) is 4.79 Å². The molecule has 1 amide bonds. The van der Waals surface area contributed by atoms with Crippen LogP contribution in [0, 0.1) is 0 Å². The number of hydrogen-bond acceptors (Lipinski definition) is 4. The number of nitrogens with one attached hydrogen (secondary N) is 1. The highest BCUT2D eigenvalue weighted by Gasteiger charge is 2.20. The van der Waals surface area contributed by atoms with E-state index in [1.54, 1.807) is 20.3 Å². The highest BCUT2D eigenvalue weighted by atomic mass is 16.5. The molecule has 1 atom stereocenters. The van der Waals surface area contributed by atoms with E-state index in [1.165, 1.54) is 0 Å². The fourth-order valence-electron chi connectivity index (χ4n) is 1.57.